The van der Waals surface area contributed by atoms with E-state index in [-0.39, 0.29) is 58.0 Å². The highest BCUT2D eigenvalue weighted by Crippen LogP contribution is 2.38. The molecule has 19 atom stereocenters. The Morgan fingerprint density at radius 3 is 1.69 bits per heavy atom. The summed E-state index contributed by atoms with van der Waals surface area (Å²) in [4.78, 5) is 32.0. The lowest BCUT2D eigenvalue weighted by molar-refractivity contribution is -0.309. The van der Waals surface area contributed by atoms with Crippen LogP contribution in [0.3, 0.4) is 0 Å². The molecule has 3 rings (SSSR count). The smallest absolute Gasteiger partial charge is 0.333 e. The van der Waals surface area contributed by atoms with Crippen molar-refractivity contribution >= 4 is 11.9 Å². The largest absolute Gasteiger partial charge is 0.462 e. The van der Waals surface area contributed by atoms with Gasteiger partial charge in [0.1, 0.15) is 18.1 Å². The normalized spacial score (nSPS) is 34.9. The first kappa shape index (κ1) is 75.5. The molecule has 2 fully saturated rings. The Morgan fingerprint density at radius 1 is 0.600 bits per heavy atom. The molecule has 13 N–H and O–H groups in total. The van der Waals surface area contributed by atoms with Crippen LogP contribution in [0.1, 0.15) is 79.1 Å². The Bertz CT molecular complexity index is 2030. The third kappa shape index (κ3) is 30.8. The van der Waals surface area contributed by atoms with Crippen molar-refractivity contribution in [2.75, 3.05) is 86.3 Å². The van der Waals surface area contributed by atoms with E-state index in [2.05, 4.69) is 5.48 Å². The molecule has 3 heterocycles. The molecule has 0 aromatic carbocycles. The average molecular weight is 1220 g/mol. The Hall–Kier alpha value is -3.72. The zero-order valence-electron chi connectivity index (χ0n) is 50.0. The number of ether oxygens (including phenoxy) is 10. The molecule has 2 saturated heterocycles. The van der Waals surface area contributed by atoms with E-state index < -0.39 is 147 Å². The quantitative estimate of drug-likeness (QED) is 0.0397. The van der Waals surface area contributed by atoms with E-state index in [0.717, 1.165) is 0 Å². The minimum Gasteiger partial charge on any atom is -0.462 e. The van der Waals surface area contributed by atoms with Gasteiger partial charge in [-0.1, -0.05) is 98.9 Å². The second-order valence-corrected chi connectivity index (χ2v) is 21.6. The number of allylic oxidation sites excluding steroid dienone is 12. The van der Waals surface area contributed by atoms with Crippen molar-refractivity contribution in [3.63, 3.8) is 0 Å². The monoisotopic (exact) mass is 1220 g/mol. The summed E-state index contributed by atoms with van der Waals surface area (Å²) >= 11 is 0. The van der Waals surface area contributed by atoms with E-state index in [1.807, 2.05) is 31.2 Å². The zero-order chi connectivity index (χ0) is 62.6. The molecule has 0 spiro atoms. The Kier molecular flexibility index (Phi) is 38.2. The van der Waals surface area contributed by atoms with Gasteiger partial charge in [0.2, 0.25) is 0 Å². The number of fused-ring (bicyclic) bond motifs is 2. The van der Waals surface area contributed by atoms with Crippen LogP contribution in [0.5, 0.6) is 0 Å². The first-order valence-corrected chi connectivity index (χ1v) is 29.4. The van der Waals surface area contributed by atoms with E-state index in [1.165, 1.54) is 0 Å². The molecule has 0 radical (unpaired) electrons. The lowest BCUT2D eigenvalue weighted by Gasteiger charge is -2.45. The fourth-order valence-electron chi connectivity index (χ4n) is 9.38. The number of nitrogens with two attached hydrogens (primary N) is 1. The van der Waals surface area contributed by atoms with Gasteiger partial charge >= 0.3 is 11.9 Å². The Balaban J connectivity index is 1.78. The summed E-state index contributed by atoms with van der Waals surface area (Å²) in [6.07, 6.45) is 3.32. The van der Waals surface area contributed by atoms with Gasteiger partial charge in [0.05, 0.1) is 159 Å². The number of aliphatic hydroxyl groups excluding tert-OH is 9. The second-order valence-electron chi connectivity index (χ2n) is 21.6. The van der Waals surface area contributed by atoms with E-state index >= 15 is 0 Å². The van der Waals surface area contributed by atoms with Gasteiger partial charge in [-0.3, -0.25) is 4.79 Å². The number of hydrogen-bond acceptors (Lipinski definition) is 25. The van der Waals surface area contributed by atoms with E-state index in [1.54, 1.807) is 88.6 Å². The molecular formula is C60H100N2O23. The number of rotatable bonds is 22. The van der Waals surface area contributed by atoms with Crippen LogP contribution in [0.15, 0.2) is 85.1 Å². The molecule has 0 amide bonds. The lowest BCUT2D eigenvalue weighted by Crippen LogP contribution is -2.61. The van der Waals surface area contributed by atoms with Gasteiger partial charge in [-0.25, -0.2) is 4.79 Å². The van der Waals surface area contributed by atoms with Crippen molar-refractivity contribution < 1.29 is 113 Å². The van der Waals surface area contributed by atoms with Crippen molar-refractivity contribution in [3.8, 4) is 0 Å². The summed E-state index contributed by atoms with van der Waals surface area (Å²) in [5.41, 5.74) is 8.67. The highest BCUT2D eigenvalue weighted by Gasteiger charge is 2.51. The summed E-state index contributed by atoms with van der Waals surface area (Å²) in [6, 6.07) is -1.17. The van der Waals surface area contributed by atoms with Crippen molar-refractivity contribution in [3.05, 3.63) is 85.1 Å². The molecular weight excluding hydrogens is 1120 g/mol. The van der Waals surface area contributed by atoms with Crippen molar-refractivity contribution in [2.45, 2.75) is 177 Å². The fraction of sp³-hybridized carbons (Fsp3) is 0.733. The molecule has 3 aliphatic rings. The minimum absolute atomic E-state index is 0.0195. The van der Waals surface area contributed by atoms with E-state index in [9.17, 15) is 60.7 Å². The molecule has 0 aromatic heterocycles. The minimum atomic E-state index is -2.36. The highest BCUT2D eigenvalue weighted by molar-refractivity contribution is 5.74. The predicted octanol–water partition coefficient (Wildman–Crippen LogP) is 0.404. The summed E-state index contributed by atoms with van der Waals surface area (Å²) in [5.74, 6) is -6.35. The highest BCUT2D eigenvalue weighted by atomic mass is 16.7. The number of hydrogen-bond donors (Lipinski definition) is 12. The van der Waals surface area contributed by atoms with Crippen LogP contribution in [0.4, 0.5) is 0 Å². The molecule has 488 valence electrons. The number of aliphatic hydroxyl groups is 10. The summed E-state index contributed by atoms with van der Waals surface area (Å²) in [5, 5.41) is 111. The van der Waals surface area contributed by atoms with Crippen LogP contribution in [0.25, 0.3) is 0 Å². The van der Waals surface area contributed by atoms with Crippen molar-refractivity contribution in [1.29, 1.82) is 0 Å². The molecule has 0 unspecified atom stereocenters. The standard InChI is InChI=1S/C60H100N2O23/c1-40-18-16-14-12-10-8-6-7-9-11-13-15-17-19-47(83-59-57(72)54(61)56(71)43(4)82-59)37-51-53(58(73)85-62-22-23-76-26-27-78-30-31-80-33-32-79-29-28-77-25-24-75-5)50(68)39-60(74,84-51)38-46(65)35-49(67)48(66)21-20-44(63)34-45(64)36-52(69)81-42(3)41(2)55(40)70/h6-19,40-51,53-57,59,62-68,70-72,74H,20-39,61H2,1-5H3/t40-,41-,42-,43+,44+,45+,46-,47-,48+,49+,50-,51-,53+,54-,55+,56+,57-,59-,60+/m0/s1. The van der Waals surface area contributed by atoms with Crippen LogP contribution in [-0.2, 0) is 61.8 Å². The van der Waals surface area contributed by atoms with Gasteiger partial charge in [-0.2, -0.15) is 5.48 Å². The molecule has 25 heteroatoms. The topological polar surface area (TPSA) is 376 Å². The third-order valence-electron chi connectivity index (χ3n) is 14.5. The SMILES string of the molecule is COCCOCCOCCOCCOCCOCCNOC(=O)[C@H]1[C@@H]2C[C@@H](O[C@@H]3O[C@H](C)[C@@H](O)[C@H](N)[C@@H]3O)C=CC=CC=CC=CC=CC=CC=C[C@H](C)[C@@H](O)[C@@H](C)[C@H](C)OC(=O)C[C@H](O)C[C@H](O)CC[C@@H](O)[C@H](O)C[C@H](O)C[C@](O)(C[C@@H]1O)O2. The van der Waals surface area contributed by atoms with E-state index in [4.69, 9.17) is 57.9 Å². The summed E-state index contributed by atoms with van der Waals surface area (Å²) in [7, 11) is 1.60. The predicted molar refractivity (Wildman–Crippen MR) is 309 cm³/mol. The number of esters is 1. The van der Waals surface area contributed by atoms with Crippen molar-refractivity contribution in [1.82, 2.24) is 5.48 Å². The Morgan fingerprint density at radius 2 is 1.13 bits per heavy atom. The molecule has 0 saturated carbocycles. The number of carbonyl (C=O) groups is 2. The first-order valence-electron chi connectivity index (χ1n) is 29.4. The molecule has 25 nitrogen and oxygen atoms in total. The van der Waals surface area contributed by atoms with Crippen LogP contribution < -0.4 is 11.2 Å². The maximum absolute atomic E-state index is 13.9. The lowest BCUT2D eigenvalue weighted by atomic mass is 9.82. The summed E-state index contributed by atoms with van der Waals surface area (Å²) < 4.78 is 56.1. The average Bonchev–Trinajstić information content (AvgIpc) is 1.88. The number of hydroxylamine groups is 1. The molecule has 2 bridgehead atoms. The maximum atomic E-state index is 13.9. The number of carbonyl (C=O) groups excluding carboxylic acids is 2. The van der Waals surface area contributed by atoms with Crippen LogP contribution in [0.2, 0.25) is 0 Å². The Labute approximate surface area is 500 Å². The fourth-order valence-corrected chi connectivity index (χ4v) is 9.38. The number of nitrogens with one attached hydrogen (secondary N) is 1. The molecule has 85 heavy (non-hydrogen) atoms. The van der Waals surface area contributed by atoms with Gasteiger partial charge < -0.3 is 109 Å². The van der Waals surface area contributed by atoms with Crippen molar-refractivity contribution in [2.24, 2.45) is 23.5 Å². The molecule has 0 aromatic rings. The molecule has 0 aliphatic carbocycles. The van der Waals surface area contributed by atoms with Gasteiger partial charge in [-0.15, -0.1) is 0 Å². The van der Waals surface area contributed by atoms with E-state index in [0.29, 0.717) is 52.9 Å². The third-order valence-corrected chi connectivity index (χ3v) is 14.5. The van der Waals surface area contributed by atoms with Crippen LogP contribution >= 0.6 is 0 Å². The molecule has 3 aliphatic heterocycles. The van der Waals surface area contributed by atoms with Gasteiger partial charge in [0.25, 0.3) is 0 Å². The summed E-state index contributed by atoms with van der Waals surface area (Å²) in [6.45, 7) is 10.8. The van der Waals surface area contributed by atoms with Gasteiger partial charge in [0.15, 0.2) is 12.1 Å². The maximum Gasteiger partial charge on any atom is 0.333 e. The van der Waals surface area contributed by atoms with Crippen LogP contribution in [-0.4, -0.2) is 247 Å². The second kappa shape index (κ2) is 43.0. The zero-order valence-corrected chi connectivity index (χ0v) is 50.0. The number of methoxy groups -OCH3 is 1. The number of cyclic esters (lactones) is 1. The first-order chi connectivity index (χ1) is 40.7. The van der Waals surface area contributed by atoms with Crippen LogP contribution in [0, 0.1) is 17.8 Å². The van der Waals surface area contributed by atoms with Gasteiger partial charge in [-0.05, 0) is 33.1 Å². The van der Waals surface area contributed by atoms with Gasteiger partial charge in [0, 0.05) is 44.6 Å².